The van der Waals surface area contributed by atoms with E-state index >= 15 is 0 Å². The Morgan fingerprint density at radius 1 is 1.15 bits per heavy atom. The van der Waals surface area contributed by atoms with Crippen LogP contribution in [0.5, 0.6) is 5.75 Å². The highest BCUT2D eigenvalue weighted by Gasteiger charge is 2.23. The number of rotatable bonds is 2. The van der Waals surface area contributed by atoms with Crippen LogP contribution in [0.3, 0.4) is 0 Å². The molecular formula is C20H20N4O2. The van der Waals surface area contributed by atoms with Crippen LogP contribution in [0.1, 0.15) is 11.1 Å². The lowest BCUT2D eigenvalue weighted by Crippen LogP contribution is -2.43. The molecule has 132 valence electrons. The van der Waals surface area contributed by atoms with Crippen molar-refractivity contribution in [3.05, 3.63) is 60.0 Å². The molecule has 2 aromatic heterocycles. The number of nitrogens with zero attached hydrogens (tertiary/aromatic N) is 3. The summed E-state index contributed by atoms with van der Waals surface area (Å²) >= 11 is 0. The minimum Gasteiger partial charge on any atom is -0.460 e. The Balaban J connectivity index is 1.50. The van der Waals surface area contributed by atoms with Crippen molar-refractivity contribution in [2.45, 2.75) is 6.29 Å². The van der Waals surface area contributed by atoms with Crippen molar-refractivity contribution < 1.29 is 9.84 Å². The monoisotopic (exact) mass is 348 g/mol. The number of piperazine rings is 1. The molecule has 0 amide bonds. The number of hydrogen-bond donors (Lipinski definition) is 2. The van der Waals surface area contributed by atoms with Gasteiger partial charge in [0.05, 0.1) is 0 Å². The molecule has 0 radical (unpaired) electrons. The number of ether oxygens (including phenoxy) is 1. The normalized spacial score (nSPS) is 19.8. The number of fused-ring (bicyclic) bond motifs is 2. The molecule has 1 atom stereocenters. The van der Waals surface area contributed by atoms with E-state index in [4.69, 9.17) is 4.74 Å². The second-order valence-corrected chi connectivity index (χ2v) is 6.64. The molecule has 4 heterocycles. The first-order valence-electron chi connectivity index (χ1n) is 8.87. The lowest BCUT2D eigenvalue weighted by atomic mass is 10.0. The highest BCUT2D eigenvalue weighted by atomic mass is 16.6. The largest absolute Gasteiger partial charge is 0.460 e. The van der Waals surface area contributed by atoms with Gasteiger partial charge in [-0.05, 0) is 30.3 Å². The van der Waals surface area contributed by atoms with Gasteiger partial charge in [-0.2, -0.15) is 0 Å². The Morgan fingerprint density at radius 3 is 2.92 bits per heavy atom. The number of imidazole rings is 1. The van der Waals surface area contributed by atoms with Crippen molar-refractivity contribution in [1.82, 2.24) is 14.7 Å². The first kappa shape index (κ1) is 15.4. The summed E-state index contributed by atoms with van der Waals surface area (Å²) in [5, 5.41) is 13.9. The minimum absolute atomic E-state index is 0.723. The van der Waals surface area contributed by atoms with E-state index < -0.39 is 6.29 Å². The van der Waals surface area contributed by atoms with Crippen LogP contribution >= 0.6 is 0 Å². The van der Waals surface area contributed by atoms with Gasteiger partial charge in [0.15, 0.2) is 0 Å². The summed E-state index contributed by atoms with van der Waals surface area (Å²) in [7, 11) is 0. The number of anilines is 1. The van der Waals surface area contributed by atoms with Crippen molar-refractivity contribution in [2.75, 3.05) is 31.1 Å². The fraction of sp³-hybridized carbons (Fsp3) is 0.250. The molecule has 0 saturated carbocycles. The Hall–Kier alpha value is -2.83. The van der Waals surface area contributed by atoms with Gasteiger partial charge in [-0.15, -0.1) is 0 Å². The number of hydrogen-bond acceptors (Lipinski definition) is 5. The number of nitrogens with one attached hydrogen (secondary N) is 1. The van der Waals surface area contributed by atoms with E-state index in [1.54, 1.807) is 6.20 Å². The Labute approximate surface area is 151 Å². The molecule has 6 heteroatoms. The zero-order valence-electron chi connectivity index (χ0n) is 14.3. The Kier molecular flexibility index (Phi) is 3.65. The van der Waals surface area contributed by atoms with Crippen LogP contribution in [-0.2, 0) is 0 Å². The summed E-state index contributed by atoms with van der Waals surface area (Å²) in [6.45, 7) is 3.93. The topological polar surface area (TPSA) is 62.0 Å². The standard InChI is InChI=1S/C20H20N4O2/c25-20-17(15-2-4-19-22-7-10-24(19)13-15)11-14-1-3-16(12-18(14)26-20)23-8-5-21-6-9-23/h1-4,7,10-13,20-21,25H,5-6,8-9H2. The second kappa shape index (κ2) is 6.16. The van der Waals surface area contributed by atoms with E-state index in [0.29, 0.717) is 0 Å². The molecule has 2 aliphatic heterocycles. The lowest BCUT2D eigenvalue weighted by molar-refractivity contribution is 0.0320. The third kappa shape index (κ3) is 2.64. The molecule has 2 aliphatic rings. The van der Waals surface area contributed by atoms with Crippen molar-refractivity contribution in [1.29, 1.82) is 0 Å². The molecule has 0 aliphatic carbocycles. The average Bonchev–Trinajstić information content (AvgIpc) is 3.15. The SMILES string of the molecule is OC1Oc2cc(N3CCNCC3)ccc2C=C1c1ccc2nccn2c1. The zero-order valence-corrected chi connectivity index (χ0v) is 14.3. The van der Waals surface area contributed by atoms with Crippen molar-refractivity contribution in [3.63, 3.8) is 0 Å². The maximum absolute atomic E-state index is 10.6. The molecular weight excluding hydrogens is 328 g/mol. The predicted octanol–water partition coefficient (Wildman–Crippen LogP) is 2.00. The number of aromatic nitrogens is 2. The van der Waals surface area contributed by atoms with Gasteiger partial charge in [0.2, 0.25) is 6.29 Å². The van der Waals surface area contributed by atoms with E-state index in [9.17, 15) is 5.11 Å². The molecule has 0 spiro atoms. The first-order valence-corrected chi connectivity index (χ1v) is 8.87. The summed E-state index contributed by atoms with van der Waals surface area (Å²) < 4.78 is 7.78. The van der Waals surface area contributed by atoms with E-state index in [1.165, 1.54) is 0 Å². The maximum atomic E-state index is 10.6. The molecule has 1 fully saturated rings. The molecule has 5 rings (SSSR count). The van der Waals surface area contributed by atoms with E-state index in [2.05, 4.69) is 27.3 Å². The van der Waals surface area contributed by atoms with Crippen LogP contribution in [0.4, 0.5) is 5.69 Å². The average molecular weight is 348 g/mol. The van der Waals surface area contributed by atoms with Crippen LogP contribution in [-0.4, -0.2) is 47.0 Å². The fourth-order valence-electron chi connectivity index (χ4n) is 3.60. The molecule has 2 N–H and O–H groups in total. The van der Waals surface area contributed by atoms with E-state index in [0.717, 1.165) is 60.0 Å². The molecule has 1 unspecified atom stereocenters. The summed E-state index contributed by atoms with van der Waals surface area (Å²) in [5.41, 5.74) is 4.66. The van der Waals surface area contributed by atoms with Crippen LogP contribution in [0.25, 0.3) is 17.3 Å². The molecule has 0 bridgehead atoms. The van der Waals surface area contributed by atoms with Crippen molar-refractivity contribution >= 4 is 23.0 Å². The smallest absolute Gasteiger partial charge is 0.224 e. The maximum Gasteiger partial charge on any atom is 0.224 e. The first-order chi connectivity index (χ1) is 12.8. The van der Waals surface area contributed by atoms with Gasteiger partial charge in [-0.25, -0.2) is 4.98 Å². The van der Waals surface area contributed by atoms with Crippen LogP contribution in [0.2, 0.25) is 0 Å². The van der Waals surface area contributed by atoms with Crippen LogP contribution in [0.15, 0.2) is 48.9 Å². The minimum atomic E-state index is -0.984. The van der Waals surface area contributed by atoms with Gasteiger partial charge in [-0.1, -0.05) is 0 Å². The number of benzene rings is 1. The van der Waals surface area contributed by atoms with Crippen molar-refractivity contribution in [2.24, 2.45) is 0 Å². The predicted molar refractivity (Wildman–Crippen MR) is 101 cm³/mol. The van der Waals surface area contributed by atoms with E-state index in [-0.39, 0.29) is 0 Å². The second-order valence-electron chi connectivity index (χ2n) is 6.64. The van der Waals surface area contributed by atoms with Crippen LogP contribution in [0, 0.1) is 0 Å². The summed E-state index contributed by atoms with van der Waals surface area (Å²) in [5.74, 6) is 0.723. The lowest BCUT2D eigenvalue weighted by Gasteiger charge is -2.31. The molecule has 1 saturated heterocycles. The highest BCUT2D eigenvalue weighted by molar-refractivity contribution is 5.87. The van der Waals surface area contributed by atoms with Gasteiger partial charge in [0, 0.05) is 73.2 Å². The molecule has 6 nitrogen and oxygen atoms in total. The van der Waals surface area contributed by atoms with Gasteiger partial charge < -0.3 is 24.5 Å². The van der Waals surface area contributed by atoms with Gasteiger partial charge in [0.25, 0.3) is 0 Å². The van der Waals surface area contributed by atoms with Gasteiger partial charge in [0.1, 0.15) is 11.4 Å². The summed E-state index contributed by atoms with van der Waals surface area (Å²) in [6.07, 6.45) is 6.63. The molecule has 1 aromatic carbocycles. The number of pyridine rings is 1. The third-order valence-corrected chi connectivity index (χ3v) is 5.02. The van der Waals surface area contributed by atoms with E-state index in [1.807, 2.05) is 41.1 Å². The van der Waals surface area contributed by atoms with Gasteiger partial charge >= 0.3 is 0 Å². The quantitative estimate of drug-likeness (QED) is 0.742. The van der Waals surface area contributed by atoms with Crippen molar-refractivity contribution in [3.8, 4) is 5.75 Å². The summed E-state index contributed by atoms with van der Waals surface area (Å²) in [6, 6.07) is 10.1. The number of aliphatic hydroxyl groups excluding tert-OH is 1. The Morgan fingerprint density at radius 2 is 2.04 bits per heavy atom. The van der Waals surface area contributed by atoms with Gasteiger partial charge in [-0.3, -0.25) is 0 Å². The third-order valence-electron chi connectivity index (χ3n) is 5.02. The number of aliphatic hydroxyl groups is 1. The highest BCUT2D eigenvalue weighted by Crippen LogP contribution is 2.36. The molecule has 26 heavy (non-hydrogen) atoms. The Bertz CT molecular complexity index is 988. The molecule has 3 aromatic rings. The zero-order chi connectivity index (χ0) is 17.5. The summed E-state index contributed by atoms with van der Waals surface area (Å²) in [4.78, 5) is 6.59. The van der Waals surface area contributed by atoms with Crippen LogP contribution < -0.4 is 15.0 Å². The fourth-order valence-corrected chi connectivity index (χ4v) is 3.60.